The minimum absolute atomic E-state index is 0.0155. The van der Waals surface area contributed by atoms with Crippen molar-refractivity contribution in [2.24, 2.45) is 0 Å². The van der Waals surface area contributed by atoms with Crippen molar-refractivity contribution >= 4 is 22.9 Å². The maximum absolute atomic E-state index is 12.1. The van der Waals surface area contributed by atoms with Crippen molar-refractivity contribution in [2.45, 2.75) is 13.8 Å². The number of aryl methyl sites for hydroxylation is 2. The van der Waals surface area contributed by atoms with Crippen LogP contribution in [0.5, 0.6) is 0 Å². The van der Waals surface area contributed by atoms with Crippen LogP contribution in [0.4, 0.5) is 0 Å². The van der Waals surface area contributed by atoms with Crippen LogP contribution < -0.4 is 5.56 Å². The van der Waals surface area contributed by atoms with Gasteiger partial charge in [0, 0.05) is 11.6 Å². The first-order valence-electron chi connectivity index (χ1n) is 7.02. The number of H-pyrrole nitrogens is 1. The van der Waals surface area contributed by atoms with E-state index in [0.717, 1.165) is 11.1 Å². The molecule has 110 valence electrons. The number of rotatable bonds is 2. The van der Waals surface area contributed by atoms with Crippen molar-refractivity contribution in [3.63, 3.8) is 0 Å². The second-order valence-electron chi connectivity index (χ2n) is 5.30. The second kappa shape index (κ2) is 5.48. The van der Waals surface area contributed by atoms with Gasteiger partial charge < -0.3 is 10.1 Å². The maximum Gasteiger partial charge on any atom is 0.274 e. The van der Waals surface area contributed by atoms with E-state index in [1.54, 1.807) is 12.1 Å². The minimum Gasteiger partial charge on any atom is -0.507 e. The lowest BCUT2D eigenvalue weighted by atomic mass is 10.1. The fourth-order valence-corrected chi connectivity index (χ4v) is 2.28. The third-order valence-electron chi connectivity index (χ3n) is 3.68. The lowest BCUT2D eigenvalue weighted by molar-refractivity contribution is 0.515. The van der Waals surface area contributed by atoms with Gasteiger partial charge in [-0.3, -0.25) is 4.79 Å². The predicted octanol–water partition coefficient (Wildman–Crippen LogP) is 3.60. The monoisotopic (exact) mass is 292 g/mol. The molecule has 0 bridgehead atoms. The summed E-state index contributed by atoms with van der Waals surface area (Å²) in [4.78, 5) is 19.3. The van der Waals surface area contributed by atoms with Gasteiger partial charge >= 0.3 is 0 Å². The predicted molar refractivity (Wildman–Crippen MR) is 88.8 cm³/mol. The van der Waals surface area contributed by atoms with Crippen LogP contribution in [-0.4, -0.2) is 15.1 Å². The molecule has 0 saturated carbocycles. The smallest absolute Gasteiger partial charge is 0.274 e. The van der Waals surface area contributed by atoms with E-state index in [2.05, 4.69) is 9.97 Å². The number of aliphatic hydroxyl groups excluding tert-OH is 1. The molecule has 0 saturated heterocycles. The molecule has 22 heavy (non-hydrogen) atoms. The van der Waals surface area contributed by atoms with Gasteiger partial charge in [-0.05, 0) is 37.1 Å². The molecule has 0 spiro atoms. The summed E-state index contributed by atoms with van der Waals surface area (Å²) in [7, 11) is 0. The Morgan fingerprint density at radius 2 is 1.82 bits per heavy atom. The Bertz CT molecular complexity index is 925. The van der Waals surface area contributed by atoms with E-state index in [9.17, 15) is 9.90 Å². The average Bonchev–Trinajstić information content (AvgIpc) is 2.51. The van der Waals surface area contributed by atoms with E-state index in [1.165, 1.54) is 6.08 Å². The topological polar surface area (TPSA) is 66.0 Å². The van der Waals surface area contributed by atoms with Gasteiger partial charge in [-0.25, -0.2) is 4.98 Å². The van der Waals surface area contributed by atoms with Crippen LogP contribution in [0, 0.1) is 13.8 Å². The molecular formula is C18H16N2O2. The molecule has 0 aliphatic rings. The molecule has 3 aromatic rings. The standard InChI is InChI=1S/C18H16N2O2/c1-11-8-14-15(9-12(11)2)20-18(22)16(19-14)10-17(21)13-6-4-3-5-7-13/h3-10,21H,1-2H3,(H,20,22)/b17-10+. The number of hydrogen-bond acceptors (Lipinski definition) is 3. The van der Waals surface area contributed by atoms with Crippen LogP contribution in [-0.2, 0) is 0 Å². The highest BCUT2D eigenvalue weighted by molar-refractivity contribution is 5.80. The zero-order valence-electron chi connectivity index (χ0n) is 12.4. The maximum atomic E-state index is 12.1. The number of aromatic amines is 1. The Labute approximate surface area is 127 Å². The van der Waals surface area contributed by atoms with E-state index in [-0.39, 0.29) is 17.0 Å². The number of fused-ring (bicyclic) bond motifs is 1. The molecule has 0 aliphatic heterocycles. The summed E-state index contributed by atoms with van der Waals surface area (Å²) in [5.41, 5.74) is 4.12. The Morgan fingerprint density at radius 1 is 1.14 bits per heavy atom. The Morgan fingerprint density at radius 3 is 2.55 bits per heavy atom. The van der Waals surface area contributed by atoms with E-state index in [4.69, 9.17) is 0 Å². The fourth-order valence-electron chi connectivity index (χ4n) is 2.28. The van der Waals surface area contributed by atoms with Gasteiger partial charge in [0.1, 0.15) is 11.5 Å². The molecule has 3 rings (SSSR count). The van der Waals surface area contributed by atoms with Crippen LogP contribution in [0.2, 0.25) is 0 Å². The SMILES string of the molecule is Cc1cc2nc(/C=C(/O)c3ccccc3)c(=O)[nH]c2cc1C. The molecule has 0 aliphatic carbocycles. The highest BCUT2D eigenvalue weighted by Gasteiger charge is 2.06. The van der Waals surface area contributed by atoms with Gasteiger partial charge in [0.05, 0.1) is 11.0 Å². The number of nitrogens with zero attached hydrogens (tertiary/aromatic N) is 1. The molecular weight excluding hydrogens is 276 g/mol. The number of aromatic nitrogens is 2. The van der Waals surface area contributed by atoms with E-state index in [0.29, 0.717) is 16.6 Å². The molecule has 2 N–H and O–H groups in total. The highest BCUT2D eigenvalue weighted by Crippen LogP contribution is 2.17. The summed E-state index contributed by atoms with van der Waals surface area (Å²) in [5.74, 6) is 0.0155. The van der Waals surface area contributed by atoms with Crippen LogP contribution in [0.25, 0.3) is 22.9 Å². The van der Waals surface area contributed by atoms with Crippen molar-refractivity contribution in [1.82, 2.24) is 9.97 Å². The number of hydrogen-bond donors (Lipinski definition) is 2. The molecule has 0 fully saturated rings. The molecule has 4 heteroatoms. The third-order valence-corrected chi connectivity index (χ3v) is 3.68. The molecule has 4 nitrogen and oxygen atoms in total. The highest BCUT2D eigenvalue weighted by atomic mass is 16.3. The summed E-state index contributed by atoms with van der Waals surface area (Å²) in [6.45, 7) is 3.99. The normalized spacial score (nSPS) is 11.8. The van der Waals surface area contributed by atoms with E-state index < -0.39 is 0 Å². The summed E-state index contributed by atoms with van der Waals surface area (Å²) >= 11 is 0. The first kappa shape index (κ1) is 14.1. The average molecular weight is 292 g/mol. The summed E-state index contributed by atoms with van der Waals surface area (Å²) in [6, 6.07) is 12.9. The van der Waals surface area contributed by atoms with Crippen molar-refractivity contribution < 1.29 is 5.11 Å². The lowest BCUT2D eigenvalue weighted by Crippen LogP contribution is -2.12. The fraction of sp³-hybridized carbons (Fsp3) is 0.111. The van der Waals surface area contributed by atoms with Crippen molar-refractivity contribution in [1.29, 1.82) is 0 Å². The molecule has 1 aromatic heterocycles. The number of benzene rings is 2. The van der Waals surface area contributed by atoms with Crippen molar-refractivity contribution in [3.05, 3.63) is 75.2 Å². The van der Waals surface area contributed by atoms with Crippen LogP contribution >= 0.6 is 0 Å². The van der Waals surface area contributed by atoms with Crippen LogP contribution in [0.15, 0.2) is 47.3 Å². The first-order chi connectivity index (χ1) is 10.5. The van der Waals surface area contributed by atoms with Gasteiger partial charge in [0.15, 0.2) is 0 Å². The third kappa shape index (κ3) is 2.63. The summed E-state index contributed by atoms with van der Waals surface area (Å²) in [5, 5.41) is 10.1. The van der Waals surface area contributed by atoms with Crippen molar-refractivity contribution in [3.8, 4) is 0 Å². The van der Waals surface area contributed by atoms with Gasteiger partial charge in [0.25, 0.3) is 5.56 Å². The van der Waals surface area contributed by atoms with Crippen LogP contribution in [0.1, 0.15) is 22.4 Å². The molecule has 2 aromatic carbocycles. The van der Waals surface area contributed by atoms with Gasteiger partial charge in [-0.1, -0.05) is 30.3 Å². The van der Waals surface area contributed by atoms with Crippen LogP contribution in [0.3, 0.4) is 0 Å². The summed E-state index contributed by atoms with van der Waals surface area (Å²) in [6.07, 6.45) is 1.39. The summed E-state index contributed by atoms with van der Waals surface area (Å²) < 4.78 is 0. The molecule has 0 radical (unpaired) electrons. The van der Waals surface area contributed by atoms with Crippen molar-refractivity contribution in [2.75, 3.05) is 0 Å². The molecule has 0 amide bonds. The van der Waals surface area contributed by atoms with Gasteiger partial charge in [-0.2, -0.15) is 0 Å². The Hall–Kier alpha value is -2.88. The first-order valence-corrected chi connectivity index (χ1v) is 7.02. The second-order valence-corrected chi connectivity index (χ2v) is 5.30. The van der Waals surface area contributed by atoms with Gasteiger partial charge in [-0.15, -0.1) is 0 Å². The quantitative estimate of drug-likeness (QED) is 0.709. The largest absolute Gasteiger partial charge is 0.507 e. The zero-order valence-corrected chi connectivity index (χ0v) is 12.4. The molecule has 1 heterocycles. The number of aliphatic hydroxyl groups is 1. The van der Waals surface area contributed by atoms with E-state index >= 15 is 0 Å². The zero-order chi connectivity index (χ0) is 15.7. The number of nitrogens with one attached hydrogen (secondary N) is 1. The van der Waals surface area contributed by atoms with Gasteiger partial charge in [0.2, 0.25) is 0 Å². The molecule has 0 unspecified atom stereocenters. The lowest BCUT2D eigenvalue weighted by Gasteiger charge is -2.04. The minimum atomic E-state index is -0.321. The van der Waals surface area contributed by atoms with E-state index in [1.807, 2.05) is 44.2 Å². The Balaban J connectivity index is 2.13. The molecule has 0 atom stereocenters. The Kier molecular flexibility index (Phi) is 3.51.